The van der Waals surface area contributed by atoms with Crippen LogP contribution in [0.3, 0.4) is 0 Å². The number of nitrogens with one attached hydrogen (secondary N) is 2. The Hall–Kier alpha value is -2.54. The first kappa shape index (κ1) is 36.7. The molecule has 12 nitrogen and oxygen atoms in total. The average Bonchev–Trinajstić information content (AvgIpc) is 3.26. The van der Waals surface area contributed by atoms with E-state index in [1.807, 2.05) is 27.7 Å². The van der Waals surface area contributed by atoms with Crippen LogP contribution >= 0.6 is 0 Å². The second-order valence-electron chi connectivity index (χ2n) is 15.1. The maximum absolute atomic E-state index is 13.3. The maximum Gasteiger partial charge on any atom is 0.457 e. The van der Waals surface area contributed by atoms with Gasteiger partial charge in [-0.3, -0.25) is 9.69 Å². The van der Waals surface area contributed by atoms with E-state index >= 15 is 0 Å². The zero-order valence-electron chi connectivity index (χ0n) is 28.2. The number of unbranched alkanes of at least 4 members (excludes halogenated alkanes) is 1. The van der Waals surface area contributed by atoms with E-state index in [1.54, 1.807) is 55.4 Å². The van der Waals surface area contributed by atoms with Gasteiger partial charge in [0.05, 0.1) is 11.2 Å². The molecule has 0 spiro atoms. The van der Waals surface area contributed by atoms with Gasteiger partial charge in [0.15, 0.2) is 0 Å². The van der Waals surface area contributed by atoms with Crippen molar-refractivity contribution in [3.05, 3.63) is 0 Å². The largest absolute Gasteiger partial charge is 0.479 e. The molecule has 3 unspecified atom stereocenters. The molecule has 43 heavy (non-hydrogen) atoms. The van der Waals surface area contributed by atoms with Crippen LogP contribution in [-0.4, -0.2) is 87.8 Å². The Morgan fingerprint density at radius 3 is 1.95 bits per heavy atom. The van der Waals surface area contributed by atoms with E-state index in [0.717, 1.165) is 0 Å². The van der Waals surface area contributed by atoms with Gasteiger partial charge >= 0.3 is 25.3 Å². The van der Waals surface area contributed by atoms with E-state index in [4.69, 9.17) is 18.8 Å². The molecule has 2 saturated heterocycles. The number of ether oxygens (including phenoxy) is 2. The Balaban J connectivity index is 2.20. The molecule has 0 aromatic heterocycles. The Kier molecular flexibility index (Phi) is 11.3. The van der Waals surface area contributed by atoms with Crippen molar-refractivity contribution in [1.82, 2.24) is 15.5 Å². The van der Waals surface area contributed by atoms with Gasteiger partial charge in [0.2, 0.25) is 5.91 Å². The summed E-state index contributed by atoms with van der Waals surface area (Å²) in [7, 11) is -0.409. The minimum absolute atomic E-state index is 0.0128. The lowest BCUT2D eigenvalue weighted by Gasteiger charge is -2.35. The molecule has 3 amide bonds. The second kappa shape index (κ2) is 13.2. The minimum Gasteiger partial charge on any atom is -0.479 e. The first-order valence-corrected chi connectivity index (χ1v) is 15.3. The predicted molar refractivity (Wildman–Crippen MR) is 163 cm³/mol. The number of hydrogen-bond acceptors (Lipinski definition) is 8. The molecule has 246 valence electrons. The highest BCUT2D eigenvalue weighted by Gasteiger charge is 2.55. The molecule has 2 fully saturated rings. The first-order valence-electron chi connectivity index (χ1n) is 15.3. The summed E-state index contributed by atoms with van der Waals surface area (Å²) in [5, 5.41) is 16.0. The normalized spacial score (nSPS) is 24.1. The van der Waals surface area contributed by atoms with Crippen LogP contribution in [0.5, 0.6) is 0 Å². The number of carboxylic acid groups (broad SMARTS) is 1. The molecule has 0 aromatic rings. The minimum atomic E-state index is -1.60. The van der Waals surface area contributed by atoms with E-state index in [0.29, 0.717) is 19.2 Å². The number of aliphatic carboxylic acids is 1. The third-order valence-corrected chi connectivity index (χ3v) is 8.07. The lowest BCUT2D eigenvalue weighted by Crippen LogP contribution is -2.54. The quantitative estimate of drug-likeness (QED) is 0.235. The standard InChI is InChI=1S/C30H54BN3O9/c1-19(2)21(33-24(38)40-26(3,4)5)22(35)32-20-17-30(23(36)37,34(18-20)25(39)41-27(6,7)8)15-13-14-16-31-42-28(9,10)29(11,12)43-31/h19-21H,13-18H2,1-12H3,(H,32,35)(H,33,38)(H,36,37). The molecule has 2 aliphatic rings. The number of carbonyl (C=O) groups excluding carboxylic acids is 3. The van der Waals surface area contributed by atoms with Crippen LogP contribution in [-0.2, 0) is 28.4 Å². The number of carboxylic acids is 1. The molecule has 13 heteroatoms. The van der Waals surface area contributed by atoms with Gasteiger partial charge in [-0.15, -0.1) is 0 Å². The fourth-order valence-electron chi connectivity index (χ4n) is 5.26. The van der Waals surface area contributed by atoms with Crippen molar-refractivity contribution in [3.63, 3.8) is 0 Å². The molecule has 2 rings (SSSR count). The topological polar surface area (TPSA) is 153 Å². The van der Waals surface area contributed by atoms with Gasteiger partial charge in [-0.25, -0.2) is 14.4 Å². The number of amides is 3. The van der Waals surface area contributed by atoms with Crippen molar-refractivity contribution in [2.24, 2.45) is 5.92 Å². The highest BCUT2D eigenvalue weighted by Crippen LogP contribution is 2.40. The van der Waals surface area contributed by atoms with E-state index in [1.165, 1.54) is 4.90 Å². The molecule has 0 aromatic carbocycles. The number of rotatable bonds is 10. The average molecular weight is 612 g/mol. The lowest BCUT2D eigenvalue weighted by molar-refractivity contribution is -0.150. The van der Waals surface area contributed by atoms with Crippen LogP contribution in [0.4, 0.5) is 9.59 Å². The van der Waals surface area contributed by atoms with Crippen LogP contribution < -0.4 is 10.6 Å². The third-order valence-electron chi connectivity index (χ3n) is 8.07. The van der Waals surface area contributed by atoms with Crippen molar-refractivity contribution >= 4 is 31.2 Å². The smallest absolute Gasteiger partial charge is 0.457 e. The maximum atomic E-state index is 13.3. The van der Waals surface area contributed by atoms with E-state index in [9.17, 15) is 24.3 Å². The van der Waals surface area contributed by atoms with Gasteiger partial charge < -0.3 is 34.5 Å². The molecule has 2 aliphatic heterocycles. The highest BCUT2D eigenvalue weighted by molar-refractivity contribution is 6.45. The van der Waals surface area contributed by atoms with Gasteiger partial charge in [0, 0.05) is 19.0 Å². The van der Waals surface area contributed by atoms with Gasteiger partial charge in [-0.2, -0.15) is 0 Å². The lowest BCUT2D eigenvalue weighted by atomic mass is 9.80. The number of nitrogens with zero attached hydrogens (tertiary/aromatic N) is 1. The van der Waals surface area contributed by atoms with E-state index in [-0.39, 0.29) is 25.3 Å². The Morgan fingerprint density at radius 1 is 0.953 bits per heavy atom. The van der Waals surface area contributed by atoms with Crippen LogP contribution in [0.25, 0.3) is 0 Å². The summed E-state index contributed by atoms with van der Waals surface area (Å²) in [4.78, 5) is 53.2. The Morgan fingerprint density at radius 2 is 1.49 bits per heavy atom. The van der Waals surface area contributed by atoms with E-state index in [2.05, 4.69) is 10.6 Å². The Bertz CT molecular complexity index is 1020. The van der Waals surface area contributed by atoms with E-state index < -0.39 is 71.2 Å². The highest BCUT2D eigenvalue weighted by atomic mass is 16.7. The molecule has 0 saturated carbocycles. The van der Waals surface area contributed by atoms with Crippen molar-refractivity contribution in [2.75, 3.05) is 6.54 Å². The molecule has 0 bridgehead atoms. The molecular formula is C30H54BN3O9. The van der Waals surface area contributed by atoms with Gasteiger partial charge in [0.25, 0.3) is 0 Å². The number of alkyl carbamates (subject to hydrolysis) is 1. The molecular weight excluding hydrogens is 557 g/mol. The summed E-state index contributed by atoms with van der Waals surface area (Å²) in [5.74, 6) is -1.94. The Labute approximate surface area is 257 Å². The summed E-state index contributed by atoms with van der Waals surface area (Å²) in [5.41, 5.74) is -4.11. The third kappa shape index (κ3) is 9.73. The van der Waals surface area contributed by atoms with Crippen LogP contribution in [0.15, 0.2) is 0 Å². The molecule has 0 radical (unpaired) electrons. The summed E-state index contributed by atoms with van der Waals surface area (Å²) in [6.45, 7) is 21.7. The number of carbonyl (C=O) groups is 4. The fraction of sp³-hybridized carbons (Fsp3) is 0.867. The molecule has 0 aliphatic carbocycles. The predicted octanol–water partition coefficient (Wildman–Crippen LogP) is 4.75. The first-order chi connectivity index (χ1) is 19.4. The number of hydrogen-bond donors (Lipinski definition) is 3. The van der Waals surface area contributed by atoms with Crippen LogP contribution in [0.2, 0.25) is 6.32 Å². The second-order valence-corrected chi connectivity index (χ2v) is 15.1. The molecule has 3 atom stereocenters. The van der Waals surface area contributed by atoms with Crippen LogP contribution in [0.1, 0.15) is 109 Å². The van der Waals surface area contributed by atoms with Crippen molar-refractivity contribution in [3.8, 4) is 0 Å². The molecule has 3 N–H and O–H groups in total. The zero-order valence-corrected chi connectivity index (χ0v) is 28.2. The molecule has 2 heterocycles. The monoisotopic (exact) mass is 611 g/mol. The fourth-order valence-corrected chi connectivity index (χ4v) is 5.26. The van der Waals surface area contributed by atoms with Crippen LogP contribution in [0, 0.1) is 5.92 Å². The number of likely N-dealkylation sites (tertiary alicyclic amines) is 1. The van der Waals surface area contributed by atoms with Gasteiger partial charge in [-0.1, -0.05) is 26.7 Å². The van der Waals surface area contributed by atoms with Crippen molar-refractivity contribution in [1.29, 1.82) is 0 Å². The summed E-state index contributed by atoms with van der Waals surface area (Å²) in [6, 6.07) is -1.61. The van der Waals surface area contributed by atoms with Crippen molar-refractivity contribution in [2.45, 2.75) is 155 Å². The summed E-state index contributed by atoms with van der Waals surface area (Å²) < 4.78 is 23.1. The SMILES string of the molecule is CC(C)C(NC(=O)OC(C)(C)C)C(=O)NC1CN(C(=O)OC(C)(C)C)C(CCCCB2OC(C)(C)C(C)(C)O2)(C(=O)O)C1. The summed E-state index contributed by atoms with van der Waals surface area (Å²) >= 11 is 0. The summed E-state index contributed by atoms with van der Waals surface area (Å²) in [6.07, 6.45) is 0.306. The zero-order chi connectivity index (χ0) is 33.2. The van der Waals surface area contributed by atoms with Gasteiger partial charge in [-0.05, 0) is 87.9 Å². The van der Waals surface area contributed by atoms with Crippen molar-refractivity contribution < 1.29 is 43.1 Å². The van der Waals surface area contributed by atoms with Gasteiger partial charge in [0.1, 0.15) is 22.8 Å².